The Kier molecular flexibility index (Phi) is 5.02. The van der Waals surface area contributed by atoms with Crippen LogP contribution in [-0.4, -0.2) is 14.2 Å². The van der Waals surface area contributed by atoms with Crippen molar-refractivity contribution in [1.29, 1.82) is 0 Å². The Morgan fingerprint density at radius 2 is 1.95 bits per heavy atom. The monoisotopic (exact) mass is 271 g/mol. The van der Waals surface area contributed by atoms with Crippen molar-refractivity contribution in [1.82, 2.24) is 5.32 Å². The number of benzene rings is 2. The second-order valence-corrected chi connectivity index (χ2v) is 4.78. The lowest BCUT2D eigenvalue weighted by Gasteiger charge is -2.13. The van der Waals surface area contributed by atoms with Gasteiger partial charge in [0, 0.05) is 12.1 Å². The molecule has 0 saturated carbocycles. The summed E-state index contributed by atoms with van der Waals surface area (Å²) < 4.78 is 11.2. The lowest BCUT2D eigenvalue weighted by atomic mass is 10.1. The van der Waals surface area contributed by atoms with Gasteiger partial charge in [-0.25, -0.2) is 0 Å². The van der Waals surface area contributed by atoms with Crippen molar-refractivity contribution in [2.75, 3.05) is 14.2 Å². The molecule has 0 aliphatic rings. The van der Waals surface area contributed by atoms with E-state index < -0.39 is 0 Å². The van der Waals surface area contributed by atoms with E-state index in [2.05, 4.69) is 36.5 Å². The predicted molar refractivity (Wildman–Crippen MR) is 81.3 cm³/mol. The molecule has 1 N–H and O–H groups in total. The number of aryl methyl sites for hydroxylation is 1. The number of hydrogen-bond acceptors (Lipinski definition) is 3. The molecule has 3 heteroatoms. The van der Waals surface area contributed by atoms with Crippen molar-refractivity contribution in [3.8, 4) is 11.5 Å². The summed E-state index contributed by atoms with van der Waals surface area (Å²) in [5.41, 5.74) is 3.52. The quantitative estimate of drug-likeness (QED) is 0.874. The molecule has 0 heterocycles. The van der Waals surface area contributed by atoms with Gasteiger partial charge in [-0.05, 0) is 37.7 Å². The van der Waals surface area contributed by atoms with Crippen LogP contribution >= 0.6 is 0 Å². The molecule has 0 unspecified atom stereocenters. The second-order valence-electron chi connectivity index (χ2n) is 4.78. The van der Waals surface area contributed by atoms with E-state index in [0.29, 0.717) is 6.61 Å². The first-order valence-corrected chi connectivity index (χ1v) is 6.73. The average molecular weight is 271 g/mol. The molecule has 0 aliphatic heterocycles. The van der Waals surface area contributed by atoms with Gasteiger partial charge in [0.15, 0.2) is 0 Å². The summed E-state index contributed by atoms with van der Waals surface area (Å²) in [7, 11) is 3.59. The summed E-state index contributed by atoms with van der Waals surface area (Å²) >= 11 is 0. The van der Waals surface area contributed by atoms with Gasteiger partial charge in [-0.1, -0.05) is 29.8 Å². The van der Waals surface area contributed by atoms with Crippen LogP contribution in [0.2, 0.25) is 0 Å². The zero-order valence-electron chi connectivity index (χ0n) is 12.3. The molecule has 2 rings (SSSR count). The SMILES string of the molecule is CNCc1cc(OC)ccc1OCc1cccc(C)c1. The topological polar surface area (TPSA) is 30.5 Å². The van der Waals surface area contributed by atoms with Crippen molar-refractivity contribution in [3.63, 3.8) is 0 Å². The summed E-state index contributed by atoms with van der Waals surface area (Å²) in [5.74, 6) is 1.74. The third-order valence-corrected chi connectivity index (χ3v) is 3.11. The summed E-state index contributed by atoms with van der Waals surface area (Å²) in [6, 6.07) is 14.2. The Hall–Kier alpha value is -2.00. The molecule has 0 amide bonds. The summed E-state index contributed by atoms with van der Waals surface area (Å²) in [4.78, 5) is 0. The van der Waals surface area contributed by atoms with Crippen molar-refractivity contribution >= 4 is 0 Å². The van der Waals surface area contributed by atoms with E-state index in [0.717, 1.165) is 23.6 Å². The minimum atomic E-state index is 0.574. The molecule has 3 nitrogen and oxygen atoms in total. The Labute approximate surface area is 120 Å². The molecule has 0 bridgehead atoms. The van der Waals surface area contributed by atoms with Gasteiger partial charge in [0.2, 0.25) is 0 Å². The van der Waals surface area contributed by atoms with E-state index in [1.165, 1.54) is 11.1 Å². The van der Waals surface area contributed by atoms with Crippen LogP contribution in [0.3, 0.4) is 0 Å². The number of hydrogen-bond donors (Lipinski definition) is 1. The first-order chi connectivity index (χ1) is 9.72. The highest BCUT2D eigenvalue weighted by molar-refractivity contribution is 5.40. The average Bonchev–Trinajstić information content (AvgIpc) is 2.46. The highest BCUT2D eigenvalue weighted by Crippen LogP contribution is 2.25. The van der Waals surface area contributed by atoms with Crippen LogP contribution in [0.4, 0.5) is 0 Å². The third kappa shape index (κ3) is 3.75. The van der Waals surface area contributed by atoms with Gasteiger partial charge in [0.25, 0.3) is 0 Å². The molecule has 0 atom stereocenters. The molecule has 2 aromatic carbocycles. The molecular formula is C17H21NO2. The smallest absolute Gasteiger partial charge is 0.124 e. The Bertz CT molecular complexity index is 567. The van der Waals surface area contributed by atoms with Gasteiger partial charge in [-0.3, -0.25) is 0 Å². The van der Waals surface area contributed by atoms with Crippen LogP contribution in [0.1, 0.15) is 16.7 Å². The summed E-state index contributed by atoms with van der Waals surface area (Å²) in [6.45, 7) is 3.41. The molecule has 0 aliphatic carbocycles. The van der Waals surface area contributed by atoms with Crippen LogP contribution < -0.4 is 14.8 Å². The summed E-state index contributed by atoms with van der Waals surface area (Å²) in [5, 5.41) is 3.15. The zero-order valence-corrected chi connectivity index (χ0v) is 12.3. The minimum absolute atomic E-state index is 0.574. The van der Waals surface area contributed by atoms with Crippen molar-refractivity contribution in [3.05, 3.63) is 59.2 Å². The molecule has 20 heavy (non-hydrogen) atoms. The highest BCUT2D eigenvalue weighted by atomic mass is 16.5. The fraction of sp³-hybridized carbons (Fsp3) is 0.294. The highest BCUT2D eigenvalue weighted by Gasteiger charge is 2.05. The molecule has 0 aromatic heterocycles. The molecule has 2 aromatic rings. The van der Waals surface area contributed by atoms with Crippen molar-refractivity contribution < 1.29 is 9.47 Å². The van der Waals surface area contributed by atoms with E-state index in [1.807, 2.05) is 25.2 Å². The molecule has 0 spiro atoms. The van der Waals surface area contributed by atoms with E-state index in [1.54, 1.807) is 7.11 Å². The van der Waals surface area contributed by atoms with Crippen molar-refractivity contribution in [2.24, 2.45) is 0 Å². The fourth-order valence-electron chi connectivity index (χ4n) is 2.12. The molecule has 0 radical (unpaired) electrons. The lowest BCUT2D eigenvalue weighted by Crippen LogP contribution is -2.08. The Morgan fingerprint density at radius 3 is 2.65 bits per heavy atom. The minimum Gasteiger partial charge on any atom is -0.497 e. The van der Waals surface area contributed by atoms with Gasteiger partial charge in [0.1, 0.15) is 18.1 Å². The largest absolute Gasteiger partial charge is 0.497 e. The van der Waals surface area contributed by atoms with Crippen LogP contribution in [0.5, 0.6) is 11.5 Å². The molecule has 0 saturated heterocycles. The molecular weight excluding hydrogens is 250 g/mol. The van der Waals surface area contributed by atoms with Gasteiger partial charge in [-0.2, -0.15) is 0 Å². The normalized spacial score (nSPS) is 10.3. The molecule has 0 fully saturated rings. The second kappa shape index (κ2) is 6.96. The fourth-order valence-corrected chi connectivity index (χ4v) is 2.12. The zero-order chi connectivity index (χ0) is 14.4. The maximum absolute atomic E-state index is 5.93. The number of ether oxygens (including phenoxy) is 2. The van der Waals surface area contributed by atoms with E-state index in [-0.39, 0.29) is 0 Å². The van der Waals surface area contributed by atoms with Gasteiger partial charge in [-0.15, -0.1) is 0 Å². The van der Waals surface area contributed by atoms with Gasteiger partial charge < -0.3 is 14.8 Å². The van der Waals surface area contributed by atoms with Crippen LogP contribution in [0.25, 0.3) is 0 Å². The Balaban J connectivity index is 2.12. The van der Waals surface area contributed by atoms with Crippen LogP contribution in [-0.2, 0) is 13.2 Å². The number of methoxy groups -OCH3 is 1. The first-order valence-electron chi connectivity index (χ1n) is 6.73. The predicted octanol–water partition coefficient (Wildman–Crippen LogP) is 3.30. The maximum atomic E-state index is 5.93. The Morgan fingerprint density at radius 1 is 1.10 bits per heavy atom. The van der Waals surface area contributed by atoms with E-state index in [9.17, 15) is 0 Å². The van der Waals surface area contributed by atoms with Gasteiger partial charge >= 0.3 is 0 Å². The van der Waals surface area contributed by atoms with Crippen molar-refractivity contribution in [2.45, 2.75) is 20.1 Å². The van der Waals surface area contributed by atoms with E-state index >= 15 is 0 Å². The summed E-state index contributed by atoms with van der Waals surface area (Å²) in [6.07, 6.45) is 0. The van der Waals surface area contributed by atoms with Crippen LogP contribution in [0.15, 0.2) is 42.5 Å². The van der Waals surface area contributed by atoms with Gasteiger partial charge in [0.05, 0.1) is 7.11 Å². The van der Waals surface area contributed by atoms with E-state index in [4.69, 9.17) is 9.47 Å². The standard InChI is InChI=1S/C17H21NO2/c1-13-5-4-6-14(9-13)12-20-17-8-7-16(19-3)10-15(17)11-18-2/h4-10,18H,11-12H2,1-3H3. The lowest BCUT2D eigenvalue weighted by molar-refractivity contribution is 0.301. The maximum Gasteiger partial charge on any atom is 0.124 e. The third-order valence-electron chi connectivity index (χ3n) is 3.11. The molecule has 106 valence electrons. The first kappa shape index (κ1) is 14.4. The van der Waals surface area contributed by atoms with Crippen LogP contribution in [0, 0.1) is 6.92 Å². The number of rotatable bonds is 6. The number of nitrogens with one attached hydrogen (secondary N) is 1.